The number of aliphatic hydroxyl groups is 2. The van der Waals surface area contributed by atoms with Gasteiger partial charge in [0.05, 0.1) is 29.9 Å². The number of carbonyl (C=O) groups is 2. The number of aryl methyl sites for hydroxylation is 1. The Morgan fingerprint density at radius 3 is 1.59 bits per heavy atom. The SMILES string of the molecule is CCCCCCCCCCCCCCC[C@@H](O)[C@@H](N)CO.CCCCc1ccc(C(=O)O)c(C(=O)O)c1CCCC. The second-order valence-electron chi connectivity index (χ2n) is 11.4. The molecule has 0 radical (unpaired) electrons. The molecule has 0 saturated carbocycles. The van der Waals surface area contributed by atoms with E-state index in [1.165, 1.54) is 83.1 Å². The molecule has 238 valence electrons. The van der Waals surface area contributed by atoms with E-state index in [-0.39, 0.29) is 17.7 Å². The highest BCUT2D eigenvalue weighted by Crippen LogP contribution is 2.24. The Hall–Kier alpha value is -1.96. The van der Waals surface area contributed by atoms with Gasteiger partial charge in [0.1, 0.15) is 0 Å². The van der Waals surface area contributed by atoms with Crippen molar-refractivity contribution in [1.29, 1.82) is 0 Å². The summed E-state index contributed by atoms with van der Waals surface area (Å²) in [5, 5.41) is 37.0. The molecule has 0 spiro atoms. The van der Waals surface area contributed by atoms with E-state index in [0.717, 1.165) is 50.5 Å². The number of nitrogens with two attached hydrogens (primary N) is 1. The molecular formula is C34H61NO6. The quantitative estimate of drug-likeness (QED) is 0.0783. The zero-order chi connectivity index (χ0) is 30.9. The summed E-state index contributed by atoms with van der Waals surface area (Å²) < 4.78 is 0. The molecule has 2 atom stereocenters. The van der Waals surface area contributed by atoms with Crippen LogP contribution in [0, 0.1) is 0 Å². The molecule has 1 rings (SSSR count). The lowest BCUT2D eigenvalue weighted by Crippen LogP contribution is -2.37. The summed E-state index contributed by atoms with van der Waals surface area (Å²) in [6.07, 6.45) is 22.7. The Morgan fingerprint density at radius 2 is 1.15 bits per heavy atom. The third-order valence-corrected chi connectivity index (χ3v) is 7.74. The second-order valence-corrected chi connectivity index (χ2v) is 11.4. The topological polar surface area (TPSA) is 141 Å². The standard InChI is InChI=1S/C18H39NO2.C16H22O4/c1-2-3-4-5-6-7-8-9-10-11-12-13-14-15-18(21)17(19)16-20;1-3-5-7-11-9-10-13(15(17)18)14(16(19)20)12(11)8-6-4-2/h17-18,20-21H,2-16,19H2,1H3;9-10H,3-8H2,1-2H3,(H,17,18)(H,19,20)/t17-,18+;/m0./s1. The van der Waals surface area contributed by atoms with Crippen molar-refractivity contribution in [3.8, 4) is 0 Å². The summed E-state index contributed by atoms with van der Waals surface area (Å²) in [7, 11) is 0. The molecule has 0 amide bonds. The molecule has 6 N–H and O–H groups in total. The van der Waals surface area contributed by atoms with Crippen LogP contribution in [0.25, 0.3) is 0 Å². The first-order chi connectivity index (χ1) is 19.7. The first-order valence-corrected chi connectivity index (χ1v) is 16.4. The van der Waals surface area contributed by atoms with Crippen molar-refractivity contribution in [2.45, 2.75) is 161 Å². The fraction of sp³-hybridized carbons (Fsp3) is 0.765. The van der Waals surface area contributed by atoms with Crippen molar-refractivity contribution in [2.24, 2.45) is 5.73 Å². The lowest BCUT2D eigenvalue weighted by atomic mass is 9.90. The molecule has 0 aliphatic heterocycles. The molecular weight excluding hydrogens is 518 g/mol. The predicted octanol–water partition coefficient (Wildman–Crippen LogP) is 7.92. The van der Waals surface area contributed by atoms with Crippen molar-refractivity contribution in [1.82, 2.24) is 0 Å². The normalized spacial score (nSPS) is 12.4. The summed E-state index contributed by atoms with van der Waals surface area (Å²) in [6, 6.07) is 2.73. The van der Waals surface area contributed by atoms with E-state index < -0.39 is 24.1 Å². The largest absolute Gasteiger partial charge is 0.478 e. The van der Waals surface area contributed by atoms with Crippen LogP contribution in [0.1, 0.15) is 168 Å². The molecule has 0 aromatic heterocycles. The van der Waals surface area contributed by atoms with Gasteiger partial charge in [0.15, 0.2) is 0 Å². The molecule has 0 heterocycles. The van der Waals surface area contributed by atoms with Crippen LogP contribution < -0.4 is 5.73 Å². The van der Waals surface area contributed by atoms with Crippen LogP contribution >= 0.6 is 0 Å². The minimum absolute atomic E-state index is 0.0282. The molecule has 0 saturated heterocycles. The van der Waals surface area contributed by atoms with Gasteiger partial charge in [0.2, 0.25) is 0 Å². The lowest BCUT2D eigenvalue weighted by molar-refractivity contribution is 0.0650. The summed E-state index contributed by atoms with van der Waals surface area (Å²) in [5.74, 6) is -2.32. The highest BCUT2D eigenvalue weighted by Gasteiger charge is 2.22. The monoisotopic (exact) mass is 579 g/mol. The van der Waals surface area contributed by atoms with Gasteiger partial charge in [0.25, 0.3) is 0 Å². The van der Waals surface area contributed by atoms with Gasteiger partial charge in [-0.05, 0) is 49.3 Å². The van der Waals surface area contributed by atoms with Crippen molar-refractivity contribution >= 4 is 11.9 Å². The summed E-state index contributed by atoms with van der Waals surface area (Å²) in [5.41, 5.74) is 7.10. The first-order valence-electron chi connectivity index (χ1n) is 16.4. The number of rotatable bonds is 24. The van der Waals surface area contributed by atoms with Gasteiger partial charge in [-0.1, -0.05) is 123 Å². The Balaban J connectivity index is 0.000000781. The maximum absolute atomic E-state index is 11.5. The van der Waals surface area contributed by atoms with E-state index >= 15 is 0 Å². The van der Waals surface area contributed by atoms with Crippen LogP contribution in [0.2, 0.25) is 0 Å². The summed E-state index contributed by atoms with van der Waals surface area (Å²) >= 11 is 0. The van der Waals surface area contributed by atoms with Crippen molar-refractivity contribution in [3.63, 3.8) is 0 Å². The molecule has 41 heavy (non-hydrogen) atoms. The molecule has 1 aromatic rings. The van der Waals surface area contributed by atoms with Gasteiger partial charge in [0, 0.05) is 0 Å². The molecule has 0 aliphatic carbocycles. The number of unbranched alkanes of at least 4 members (excludes halogenated alkanes) is 14. The van der Waals surface area contributed by atoms with Crippen molar-refractivity contribution in [2.75, 3.05) is 6.61 Å². The minimum Gasteiger partial charge on any atom is -0.478 e. The third-order valence-electron chi connectivity index (χ3n) is 7.74. The third kappa shape index (κ3) is 18.2. The molecule has 1 aromatic carbocycles. The van der Waals surface area contributed by atoms with Gasteiger partial charge in [-0.25, -0.2) is 9.59 Å². The van der Waals surface area contributed by atoms with Gasteiger partial charge in [-0.3, -0.25) is 0 Å². The smallest absolute Gasteiger partial charge is 0.336 e. The Morgan fingerprint density at radius 1 is 0.683 bits per heavy atom. The molecule has 0 aliphatic rings. The average Bonchev–Trinajstić information content (AvgIpc) is 2.96. The highest BCUT2D eigenvalue weighted by molar-refractivity contribution is 6.03. The van der Waals surface area contributed by atoms with E-state index in [2.05, 4.69) is 13.8 Å². The minimum atomic E-state index is -1.18. The van der Waals surface area contributed by atoms with Gasteiger partial charge in [-0.2, -0.15) is 0 Å². The lowest BCUT2D eigenvalue weighted by Gasteiger charge is -2.15. The van der Waals surface area contributed by atoms with Crippen molar-refractivity contribution < 1.29 is 30.0 Å². The zero-order valence-electron chi connectivity index (χ0n) is 26.3. The highest BCUT2D eigenvalue weighted by atomic mass is 16.4. The van der Waals surface area contributed by atoms with E-state index in [4.69, 9.17) is 15.9 Å². The number of aromatic carboxylic acids is 2. The zero-order valence-corrected chi connectivity index (χ0v) is 26.3. The number of hydrogen-bond donors (Lipinski definition) is 5. The molecule has 7 heteroatoms. The fourth-order valence-electron chi connectivity index (χ4n) is 5.06. The summed E-state index contributed by atoms with van der Waals surface area (Å²) in [6.45, 7) is 6.25. The van der Waals surface area contributed by atoms with Crippen LogP contribution in [-0.4, -0.2) is 51.1 Å². The Kier molecular flexibility index (Phi) is 24.5. The molecule has 0 unspecified atom stereocenters. The van der Waals surface area contributed by atoms with Crippen LogP contribution in [0.15, 0.2) is 12.1 Å². The summed E-state index contributed by atoms with van der Waals surface area (Å²) in [4.78, 5) is 22.7. The van der Waals surface area contributed by atoms with E-state index in [0.29, 0.717) is 12.0 Å². The molecule has 7 nitrogen and oxygen atoms in total. The number of carboxylic acid groups (broad SMARTS) is 2. The van der Waals surface area contributed by atoms with Crippen LogP contribution in [-0.2, 0) is 12.8 Å². The van der Waals surface area contributed by atoms with Crippen LogP contribution in [0.5, 0.6) is 0 Å². The number of aliphatic hydroxyl groups excluding tert-OH is 2. The first kappa shape index (κ1) is 39.0. The van der Waals surface area contributed by atoms with E-state index in [1.54, 1.807) is 6.07 Å². The Bertz CT molecular complexity index is 813. The number of carboxylic acids is 2. The van der Waals surface area contributed by atoms with Crippen molar-refractivity contribution in [3.05, 3.63) is 34.4 Å². The Labute approximate surface area is 249 Å². The number of benzene rings is 1. The second kappa shape index (κ2) is 25.7. The predicted molar refractivity (Wildman–Crippen MR) is 169 cm³/mol. The van der Waals surface area contributed by atoms with Crippen LogP contribution in [0.3, 0.4) is 0 Å². The van der Waals surface area contributed by atoms with Crippen LogP contribution in [0.4, 0.5) is 0 Å². The van der Waals surface area contributed by atoms with Gasteiger partial charge >= 0.3 is 11.9 Å². The molecule has 0 fully saturated rings. The maximum atomic E-state index is 11.5. The molecule has 0 bridgehead atoms. The van der Waals surface area contributed by atoms with Gasteiger partial charge < -0.3 is 26.2 Å². The fourth-order valence-corrected chi connectivity index (χ4v) is 5.06. The van der Waals surface area contributed by atoms with Gasteiger partial charge in [-0.15, -0.1) is 0 Å². The number of hydrogen-bond acceptors (Lipinski definition) is 5. The van der Waals surface area contributed by atoms with E-state index in [1.807, 2.05) is 6.92 Å². The maximum Gasteiger partial charge on any atom is 0.336 e. The van der Waals surface area contributed by atoms with E-state index in [9.17, 15) is 19.8 Å². The average molecular weight is 580 g/mol.